The highest BCUT2D eigenvalue weighted by Crippen LogP contribution is 2.34. The molecule has 10 heteroatoms. The first-order valence-electron chi connectivity index (χ1n) is 15.9. The minimum absolute atomic E-state index is 0.0000674. The van der Waals surface area contributed by atoms with E-state index >= 15 is 0 Å². The third-order valence-electron chi connectivity index (χ3n) is 8.22. The van der Waals surface area contributed by atoms with E-state index in [-0.39, 0.29) is 17.9 Å². The quantitative estimate of drug-likeness (QED) is 0.203. The molecule has 1 atom stereocenters. The number of hydrogen-bond donors (Lipinski definition) is 2. The van der Waals surface area contributed by atoms with E-state index in [2.05, 4.69) is 32.7 Å². The Morgan fingerprint density at radius 2 is 1.76 bits per heavy atom. The lowest BCUT2D eigenvalue weighted by Gasteiger charge is -2.25. The molecule has 2 amide bonds. The van der Waals surface area contributed by atoms with Crippen molar-refractivity contribution in [1.29, 1.82) is 0 Å². The summed E-state index contributed by atoms with van der Waals surface area (Å²) in [6.07, 6.45) is 7.79. The second-order valence-corrected chi connectivity index (χ2v) is 12.0. The molecular weight excluding hydrogens is 576 g/mol. The molecule has 4 heterocycles. The van der Waals surface area contributed by atoms with Gasteiger partial charge in [0.05, 0.1) is 16.8 Å². The first kappa shape index (κ1) is 30.9. The van der Waals surface area contributed by atoms with Crippen molar-refractivity contribution in [3.8, 4) is 22.5 Å². The number of carbonyl (C=O) groups is 2. The van der Waals surface area contributed by atoms with E-state index < -0.39 is 0 Å². The minimum Gasteiger partial charge on any atom is -0.350 e. The molecule has 0 bridgehead atoms. The summed E-state index contributed by atoms with van der Waals surface area (Å²) >= 11 is 0. The van der Waals surface area contributed by atoms with Crippen LogP contribution >= 0.6 is 0 Å². The first-order valence-corrected chi connectivity index (χ1v) is 15.9. The lowest BCUT2D eigenvalue weighted by molar-refractivity contribution is -0.116. The van der Waals surface area contributed by atoms with Crippen LogP contribution in [0.3, 0.4) is 0 Å². The lowest BCUT2D eigenvalue weighted by Crippen LogP contribution is -2.39. The molecule has 2 aromatic carbocycles. The second-order valence-electron chi connectivity index (χ2n) is 12.0. The molecule has 1 aliphatic rings. The zero-order chi connectivity index (χ0) is 31.9. The standard InChI is InChI=1S/C36H40N8O2/c1-42(2)22-10-15-32(45)38-28-18-16-27(17-19-28)35(46)43-23-8-6-13-29(25-43)39-36-37-21-20-30(40-36)33-31-14-7-9-24-44(31)41-34(33)26-11-4-3-5-12-26/h3-5,7,9,11-12,14,16-21,24,29H,6,8,10,13,15,22-23,25H2,1-2H3,(H,38,45)(H,37,39,40)/t29-/m1/s1. The summed E-state index contributed by atoms with van der Waals surface area (Å²) in [5, 5.41) is 11.3. The van der Waals surface area contributed by atoms with Crippen LogP contribution in [0, 0.1) is 0 Å². The largest absolute Gasteiger partial charge is 0.350 e. The Morgan fingerprint density at radius 3 is 2.57 bits per heavy atom. The van der Waals surface area contributed by atoms with Gasteiger partial charge in [0.25, 0.3) is 5.91 Å². The molecule has 0 aliphatic carbocycles. The summed E-state index contributed by atoms with van der Waals surface area (Å²) in [7, 11) is 3.99. The van der Waals surface area contributed by atoms with E-state index in [1.807, 2.05) is 72.2 Å². The Labute approximate surface area is 269 Å². The number of benzene rings is 2. The van der Waals surface area contributed by atoms with Crippen LogP contribution in [0.15, 0.2) is 91.3 Å². The first-order chi connectivity index (χ1) is 22.4. The number of amides is 2. The Morgan fingerprint density at radius 1 is 0.957 bits per heavy atom. The molecule has 6 rings (SSSR count). The molecule has 0 radical (unpaired) electrons. The van der Waals surface area contributed by atoms with Crippen molar-refractivity contribution in [3.63, 3.8) is 0 Å². The highest BCUT2D eigenvalue weighted by molar-refractivity contribution is 5.96. The van der Waals surface area contributed by atoms with Crippen LogP contribution in [-0.2, 0) is 4.79 Å². The maximum Gasteiger partial charge on any atom is 0.253 e. The summed E-state index contributed by atoms with van der Waals surface area (Å²) in [5.41, 5.74) is 5.87. The lowest BCUT2D eigenvalue weighted by atomic mass is 10.0. The van der Waals surface area contributed by atoms with Gasteiger partial charge in [-0.05, 0) is 88.8 Å². The molecule has 0 saturated carbocycles. The highest BCUT2D eigenvalue weighted by Gasteiger charge is 2.24. The van der Waals surface area contributed by atoms with Crippen molar-refractivity contribution in [2.45, 2.75) is 38.1 Å². The number of nitrogens with zero attached hydrogens (tertiary/aromatic N) is 6. The van der Waals surface area contributed by atoms with Gasteiger partial charge >= 0.3 is 0 Å². The molecular formula is C36H40N8O2. The number of aromatic nitrogens is 4. The van der Waals surface area contributed by atoms with Crippen LogP contribution in [-0.4, -0.2) is 81.0 Å². The third-order valence-corrected chi connectivity index (χ3v) is 8.22. The third kappa shape index (κ3) is 7.40. The van der Waals surface area contributed by atoms with Gasteiger partial charge in [-0.25, -0.2) is 14.5 Å². The molecule has 236 valence electrons. The van der Waals surface area contributed by atoms with Gasteiger partial charge in [-0.15, -0.1) is 0 Å². The fourth-order valence-corrected chi connectivity index (χ4v) is 5.90. The van der Waals surface area contributed by atoms with Gasteiger partial charge in [0.15, 0.2) is 0 Å². The minimum atomic E-state index is -0.0221. The monoisotopic (exact) mass is 616 g/mol. The zero-order valence-electron chi connectivity index (χ0n) is 26.4. The SMILES string of the molecule is CN(C)CCCC(=O)Nc1ccc(C(=O)N2CCCC[C@@H](Nc3nccc(-c4c(-c5ccccc5)nn5ccccc45)n3)C2)cc1. The van der Waals surface area contributed by atoms with Crippen molar-refractivity contribution >= 4 is 29.0 Å². The molecule has 10 nitrogen and oxygen atoms in total. The van der Waals surface area contributed by atoms with Crippen LogP contribution in [0.1, 0.15) is 42.5 Å². The topological polar surface area (TPSA) is 108 Å². The molecule has 1 aliphatic heterocycles. The van der Waals surface area contributed by atoms with Gasteiger partial charge in [0.1, 0.15) is 5.69 Å². The van der Waals surface area contributed by atoms with E-state index in [0.717, 1.165) is 60.3 Å². The summed E-state index contributed by atoms with van der Waals surface area (Å²) in [6.45, 7) is 2.09. The van der Waals surface area contributed by atoms with Crippen LogP contribution in [0.25, 0.3) is 28.0 Å². The van der Waals surface area contributed by atoms with Crippen molar-refractivity contribution in [1.82, 2.24) is 29.4 Å². The Hall–Kier alpha value is -5.09. The summed E-state index contributed by atoms with van der Waals surface area (Å²) in [5.74, 6) is 0.481. The second kappa shape index (κ2) is 14.3. The molecule has 3 aromatic heterocycles. The number of likely N-dealkylation sites (tertiary alicyclic amines) is 1. The average molecular weight is 617 g/mol. The van der Waals surface area contributed by atoms with E-state index in [1.165, 1.54) is 0 Å². The van der Waals surface area contributed by atoms with Crippen molar-refractivity contribution in [2.75, 3.05) is 44.4 Å². The van der Waals surface area contributed by atoms with Crippen LogP contribution < -0.4 is 10.6 Å². The number of fused-ring (bicyclic) bond motifs is 1. The Balaban J connectivity index is 1.15. The molecule has 46 heavy (non-hydrogen) atoms. The van der Waals surface area contributed by atoms with Gasteiger partial charge in [-0.2, -0.15) is 5.10 Å². The molecule has 0 unspecified atom stereocenters. The predicted molar refractivity (Wildman–Crippen MR) is 182 cm³/mol. The average Bonchev–Trinajstić information content (AvgIpc) is 3.31. The fraction of sp³-hybridized carbons (Fsp3) is 0.306. The van der Waals surface area contributed by atoms with Gasteiger partial charge in [-0.3, -0.25) is 9.59 Å². The zero-order valence-corrected chi connectivity index (χ0v) is 26.4. The molecule has 5 aromatic rings. The normalized spacial score (nSPS) is 15.1. The fourth-order valence-electron chi connectivity index (χ4n) is 5.90. The number of pyridine rings is 1. The maximum absolute atomic E-state index is 13.6. The molecule has 1 fully saturated rings. The smallest absolute Gasteiger partial charge is 0.253 e. The van der Waals surface area contributed by atoms with E-state index in [1.54, 1.807) is 30.5 Å². The summed E-state index contributed by atoms with van der Waals surface area (Å²) in [6, 6.07) is 25.2. The van der Waals surface area contributed by atoms with Crippen LogP contribution in [0.4, 0.5) is 11.6 Å². The van der Waals surface area contributed by atoms with Gasteiger partial charge in [-0.1, -0.05) is 36.4 Å². The molecule has 1 saturated heterocycles. The predicted octanol–water partition coefficient (Wildman–Crippen LogP) is 5.85. The van der Waals surface area contributed by atoms with Crippen molar-refractivity contribution < 1.29 is 9.59 Å². The number of anilines is 2. The van der Waals surface area contributed by atoms with Gasteiger partial charge in [0, 0.05) is 54.8 Å². The van der Waals surface area contributed by atoms with Crippen molar-refractivity contribution in [3.05, 3.63) is 96.8 Å². The highest BCUT2D eigenvalue weighted by atomic mass is 16.2. The summed E-state index contributed by atoms with van der Waals surface area (Å²) in [4.78, 5) is 39.3. The summed E-state index contributed by atoms with van der Waals surface area (Å²) < 4.78 is 1.88. The van der Waals surface area contributed by atoms with Crippen LogP contribution in [0.5, 0.6) is 0 Å². The molecule has 0 spiro atoms. The number of rotatable bonds is 10. The number of hydrogen-bond acceptors (Lipinski definition) is 7. The van der Waals surface area contributed by atoms with Gasteiger partial charge < -0.3 is 20.4 Å². The number of carbonyl (C=O) groups excluding carboxylic acids is 2. The van der Waals surface area contributed by atoms with Crippen molar-refractivity contribution in [2.24, 2.45) is 0 Å². The Kier molecular flexibility index (Phi) is 9.64. The van der Waals surface area contributed by atoms with E-state index in [9.17, 15) is 9.59 Å². The number of nitrogens with one attached hydrogen (secondary N) is 2. The van der Waals surface area contributed by atoms with Crippen LogP contribution in [0.2, 0.25) is 0 Å². The van der Waals surface area contributed by atoms with E-state index in [4.69, 9.17) is 10.1 Å². The maximum atomic E-state index is 13.6. The molecule has 2 N–H and O–H groups in total. The Bertz CT molecular complexity index is 1790. The van der Waals surface area contributed by atoms with E-state index in [0.29, 0.717) is 36.7 Å². The van der Waals surface area contributed by atoms with Gasteiger partial charge in [0.2, 0.25) is 11.9 Å².